The lowest BCUT2D eigenvalue weighted by atomic mass is 8.94. The van der Waals surface area contributed by atoms with E-state index in [1.165, 1.54) is 7.11 Å². The van der Waals surface area contributed by atoms with Gasteiger partial charge in [0.1, 0.15) is 5.60 Å². The van der Waals surface area contributed by atoms with Crippen LogP contribution in [0.5, 0.6) is 0 Å². The molecule has 0 aromatic carbocycles. The first-order chi connectivity index (χ1) is 9.75. The number of carbonyl (C=O) groups is 2. The van der Waals surface area contributed by atoms with Crippen molar-refractivity contribution in [1.82, 2.24) is 4.90 Å². The second-order valence-corrected chi connectivity index (χ2v) is 8.51. The number of esters is 1. The molecule has 0 N–H and O–H groups in total. The monoisotopic (exact) mass is 291 g/mol. The summed E-state index contributed by atoms with van der Waals surface area (Å²) >= 11 is 0. The maximum absolute atomic E-state index is 12.4. The minimum absolute atomic E-state index is 0.000490. The van der Waals surface area contributed by atoms with Crippen LogP contribution in [0, 0.1) is 40.9 Å². The number of carbonyl (C=O) groups excluding carboxylic acids is 2. The molecule has 0 aliphatic heterocycles. The van der Waals surface area contributed by atoms with Gasteiger partial charge in [0.25, 0.3) is 0 Å². The van der Waals surface area contributed by atoms with Gasteiger partial charge in [0.15, 0.2) is 0 Å². The lowest BCUT2D eigenvalue weighted by molar-refractivity contribution is -0.625. The molecule has 6 aliphatic carbocycles. The molecule has 0 aromatic rings. The van der Waals surface area contributed by atoms with Crippen LogP contribution in [-0.4, -0.2) is 42.3 Å². The van der Waals surface area contributed by atoms with Crippen LogP contribution in [0.2, 0.25) is 0 Å². The standard InChI is InChI=1S/C16H21NO4/c1-14(2,3)21-13(19)17(4)16-9-6-10(16)8-11(16)7(9)15(6,8)12(18)20-5/h6-11H,1-5H3. The van der Waals surface area contributed by atoms with Gasteiger partial charge in [-0.3, -0.25) is 4.79 Å². The highest BCUT2D eigenvalue weighted by Crippen LogP contribution is 3.08. The summed E-state index contributed by atoms with van der Waals surface area (Å²) in [5.41, 5.74) is -0.569. The average molecular weight is 291 g/mol. The summed E-state index contributed by atoms with van der Waals surface area (Å²) in [6.07, 6.45) is -0.217. The molecular formula is C16H21NO4. The Kier molecular flexibility index (Phi) is 1.65. The number of amides is 1. The Labute approximate surface area is 123 Å². The Bertz CT molecular complexity index is 550. The number of methoxy groups -OCH3 is 1. The zero-order valence-corrected chi connectivity index (χ0v) is 13.0. The molecule has 0 atom stereocenters. The van der Waals surface area contributed by atoms with E-state index in [2.05, 4.69) is 0 Å². The highest BCUT2D eigenvalue weighted by Gasteiger charge is 3.13. The van der Waals surface area contributed by atoms with E-state index in [0.717, 1.165) is 0 Å². The van der Waals surface area contributed by atoms with Gasteiger partial charge in [0.2, 0.25) is 0 Å². The number of rotatable bonds is 2. The molecule has 21 heavy (non-hydrogen) atoms. The molecule has 6 rings (SSSR count). The first-order valence-electron chi connectivity index (χ1n) is 7.81. The van der Waals surface area contributed by atoms with E-state index in [0.29, 0.717) is 35.5 Å². The van der Waals surface area contributed by atoms with Crippen LogP contribution in [0.1, 0.15) is 20.8 Å². The van der Waals surface area contributed by atoms with Gasteiger partial charge in [0, 0.05) is 7.05 Å². The van der Waals surface area contributed by atoms with Gasteiger partial charge in [-0.05, 0) is 56.3 Å². The fourth-order valence-corrected chi connectivity index (χ4v) is 7.22. The van der Waals surface area contributed by atoms with E-state index >= 15 is 0 Å². The molecule has 5 heteroatoms. The highest BCUT2D eigenvalue weighted by molar-refractivity contribution is 5.90. The van der Waals surface area contributed by atoms with Gasteiger partial charge >= 0.3 is 12.1 Å². The SMILES string of the molecule is COC(=O)C12C3C4C1C1C2C3C41N(C)C(=O)OC(C)(C)C. The van der Waals surface area contributed by atoms with E-state index in [9.17, 15) is 9.59 Å². The Hall–Kier alpha value is -1.26. The lowest BCUT2D eigenvalue weighted by Gasteiger charge is -3.10. The molecule has 114 valence electrons. The van der Waals surface area contributed by atoms with Crippen LogP contribution in [0.15, 0.2) is 0 Å². The second-order valence-electron chi connectivity index (χ2n) is 8.51. The molecule has 0 saturated heterocycles. The zero-order chi connectivity index (χ0) is 15.1. The van der Waals surface area contributed by atoms with Crippen molar-refractivity contribution >= 4 is 12.1 Å². The van der Waals surface area contributed by atoms with Crippen molar-refractivity contribution in [3.8, 4) is 0 Å². The molecule has 0 spiro atoms. The molecule has 6 fully saturated rings. The average Bonchev–Trinajstić information content (AvgIpc) is 2.43. The molecule has 0 bridgehead atoms. The first kappa shape index (κ1) is 12.3. The van der Waals surface area contributed by atoms with Crippen molar-refractivity contribution in [2.45, 2.75) is 31.9 Å². The maximum Gasteiger partial charge on any atom is 0.410 e. The van der Waals surface area contributed by atoms with Gasteiger partial charge in [-0.1, -0.05) is 0 Å². The van der Waals surface area contributed by atoms with Crippen LogP contribution in [-0.2, 0) is 14.3 Å². The minimum Gasteiger partial charge on any atom is -0.469 e. The molecule has 6 aliphatic rings. The van der Waals surface area contributed by atoms with E-state index in [1.807, 2.05) is 32.7 Å². The van der Waals surface area contributed by atoms with Crippen LogP contribution in [0.3, 0.4) is 0 Å². The van der Waals surface area contributed by atoms with Gasteiger partial charge in [-0.25, -0.2) is 4.79 Å². The lowest BCUT2D eigenvalue weighted by Crippen LogP contribution is -3.16. The molecule has 6 saturated carbocycles. The van der Waals surface area contributed by atoms with E-state index in [1.54, 1.807) is 0 Å². The van der Waals surface area contributed by atoms with Gasteiger partial charge in [-0.15, -0.1) is 0 Å². The number of nitrogens with zero attached hydrogens (tertiary/aromatic N) is 1. The summed E-state index contributed by atoms with van der Waals surface area (Å²) in [4.78, 5) is 26.3. The predicted molar refractivity (Wildman–Crippen MR) is 72.1 cm³/mol. The molecular weight excluding hydrogens is 270 g/mol. The summed E-state index contributed by atoms with van der Waals surface area (Å²) in [6, 6.07) is 0. The van der Waals surface area contributed by atoms with Crippen molar-refractivity contribution in [1.29, 1.82) is 0 Å². The van der Waals surface area contributed by atoms with Crippen molar-refractivity contribution in [3.05, 3.63) is 0 Å². The van der Waals surface area contributed by atoms with Crippen molar-refractivity contribution < 1.29 is 19.1 Å². The number of hydrogen-bond donors (Lipinski definition) is 0. The fraction of sp³-hybridized carbons (Fsp3) is 0.875. The quantitative estimate of drug-likeness (QED) is 0.724. The number of ether oxygens (including phenoxy) is 2. The summed E-state index contributed by atoms with van der Waals surface area (Å²) in [7, 11) is 3.37. The van der Waals surface area contributed by atoms with Crippen LogP contribution >= 0.6 is 0 Å². The van der Waals surface area contributed by atoms with Crippen LogP contribution in [0.25, 0.3) is 0 Å². The smallest absolute Gasteiger partial charge is 0.410 e. The van der Waals surface area contributed by atoms with Crippen molar-refractivity contribution in [3.63, 3.8) is 0 Å². The molecule has 0 unspecified atom stereocenters. The third kappa shape index (κ3) is 0.786. The molecule has 0 aromatic heterocycles. The van der Waals surface area contributed by atoms with Crippen molar-refractivity contribution in [2.75, 3.05) is 14.2 Å². The van der Waals surface area contributed by atoms with E-state index < -0.39 is 5.60 Å². The second kappa shape index (κ2) is 2.82. The predicted octanol–water partition coefficient (Wildman–Crippen LogP) is 1.52. The Morgan fingerprint density at radius 2 is 1.48 bits per heavy atom. The summed E-state index contributed by atoms with van der Waals surface area (Å²) in [5.74, 6) is 3.01. The third-order valence-electron chi connectivity index (χ3n) is 7.37. The Morgan fingerprint density at radius 3 is 1.86 bits per heavy atom. The normalized spacial score (nSPS) is 55.7. The van der Waals surface area contributed by atoms with E-state index in [4.69, 9.17) is 9.47 Å². The first-order valence-corrected chi connectivity index (χ1v) is 7.81. The largest absolute Gasteiger partial charge is 0.469 e. The van der Waals surface area contributed by atoms with Gasteiger partial charge in [-0.2, -0.15) is 0 Å². The van der Waals surface area contributed by atoms with Crippen molar-refractivity contribution in [2.24, 2.45) is 40.9 Å². The van der Waals surface area contributed by atoms with Crippen LogP contribution < -0.4 is 0 Å². The maximum atomic E-state index is 12.4. The third-order valence-corrected chi connectivity index (χ3v) is 7.37. The van der Waals surface area contributed by atoms with E-state index in [-0.39, 0.29) is 23.0 Å². The van der Waals surface area contributed by atoms with Crippen LogP contribution in [0.4, 0.5) is 4.79 Å². The fourth-order valence-electron chi connectivity index (χ4n) is 7.22. The zero-order valence-electron chi connectivity index (χ0n) is 13.0. The molecule has 0 heterocycles. The number of hydrogen-bond acceptors (Lipinski definition) is 4. The minimum atomic E-state index is -0.461. The topological polar surface area (TPSA) is 55.8 Å². The molecule has 1 amide bonds. The molecule has 0 radical (unpaired) electrons. The van der Waals surface area contributed by atoms with Gasteiger partial charge in [0.05, 0.1) is 18.1 Å². The summed E-state index contributed by atoms with van der Waals surface area (Å²) in [6.45, 7) is 5.68. The Morgan fingerprint density at radius 1 is 1.00 bits per heavy atom. The Balaban J connectivity index is 1.37. The molecule has 5 nitrogen and oxygen atoms in total. The van der Waals surface area contributed by atoms with Gasteiger partial charge < -0.3 is 14.4 Å². The highest BCUT2D eigenvalue weighted by atomic mass is 16.6. The summed E-state index contributed by atoms with van der Waals surface area (Å²) in [5, 5.41) is 0. The summed E-state index contributed by atoms with van der Waals surface area (Å²) < 4.78 is 10.5.